The molecule has 3 aromatic heterocycles. The lowest BCUT2D eigenvalue weighted by atomic mass is 9.91. The Hall–Kier alpha value is -4.11. The van der Waals surface area contributed by atoms with Crippen LogP contribution >= 0.6 is 0 Å². The van der Waals surface area contributed by atoms with Crippen LogP contribution in [-0.4, -0.2) is 44.1 Å². The van der Waals surface area contributed by atoms with Crippen molar-refractivity contribution in [3.8, 4) is 11.1 Å². The van der Waals surface area contributed by atoms with Gasteiger partial charge in [0.2, 0.25) is 0 Å². The van der Waals surface area contributed by atoms with E-state index in [-0.39, 0.29) is 23.6 Å². The molecule has 1 fully saturated rings. The van der Waals surface area contributed by atoms with Gasteiger partial charge in [0.05, 0.1) is 23.0 Å². The van der Waals surface area contributed by atoms with E-state index in [1.807, 2.05) is 30.6 Å². The Morgan fingerprint density at radius 2 is 1.57 bits per heavy atom. The molecule has 9 nitrogen and oxygen atoms in total. The summed E-state index contributed by atoms with van der Waals surface area (Å²) in [7, 11) is 0. The standard InChI is InChI=1S/C26H25N7O2/c34-25-18-8-21(14-28-13-18)31-26(35)24-22-9-16(1-6-23(22)32-33-24)17-7-15(10-27-12-17)11-29-19-2-4-20(30-25)5-3-19/h1,6-10,12-14,19-20,29H,2-5,11H2,(H,30,34)(H,31,35)(H,32,33). The Bertz CT molecular complexity index is 1420. The molecule has 0 radical (unpaired) electrons. The number of aromatic amines is 1. The highest BCUT2D eigenvalue weighted by molar-refractivity contribution is 6.12. The first-order valence-corrected chi connectivity index (χ1v) is 11.9. The first-order valence-electron chi connectivity index (χ1n) is 11.9. The molecule has 5 heterocycles. The molecule has 0 spiro atoms. The highest BCUT2D eigenvalue weighted by Gasteiger charge is 2.23. The molecule has 176 valence electrons. The first kappa shape index (κ1) is 21.4. The van der Waals surface area contributed by atoms with Gasteiger partial charge in [0.15, 0.2) is 5.69 Å². The Morgan fingerprint density at radius 3 is 2.46 bits per heavy atom. The van der Waals surface area contributed by atoms with Gasteiger partial charge in [-0.15, -0.1) is 0 Å². The highest BCUT2D eigenvalue weighted by Crippen LogP contribution is 2.27. The van der Waals surface area contributed by atoms with E-state index in [1.165, 1.54) is 12.4 Å². The van der Waals surface area contributed by atoms with Crippen molar-refractivity contribution >= 4 is 28.4 Å². The van der Waals surface area contributed by atoms with Crippen molar-refractivity contribution < 1.29 is 9.59 Å². The van der Waals surface area contributed by atoms with Crippen LogP contribution in [0, 0.1) is 0 Å². The topological polar surface area (TPSA) is 125 Å². The number of hydrogen-bond donors (Lipinski definition) is 4. The SMILES string of the molecule is O=C1NC2CCC(CC2)NCc2cncc(c2)-c2ccc3[nH]nc(c3c2)C(=O)Nc2cncc1c2. The zero-order valence-corrected chi connectivity index (χ0v) is 19.0. The number of nitrogens with zero attached hydrogens (tertiary/aromatic N) is 3. The number of hydrogen-bond acceptors (Lipinski definition) is 6. The van der Waals surface area contributed by atoms with E-state index in [1.54, 1.807) is 6.07 Å². The van der Waals surface area contributed by atoms with Crippen LogP contribution in [0.2, 0.25) is 0 Å². The molecule has 7 rings (SSSR count). The maximum absolute atomic E-state index is 13.1. The number of benzene rings is 1. The predicted molar refractivity (Wildman–Crippen MR) is 132 cm³/mol. The summed E-state index contributed by atoms with van der Waals surface area (Å²) < 4.78 is 0. The number of nitrogens with one attached hydrogen (secondary N) is 4. The van der Waals surface area contributed by atoms with Crippen molar-refractivity contribution in [3.63, 3.8) is 0 Å². The lowest BCUT2D eigenvalue weighted by Gasteiger charge is -2.30. The number of H-pyrrole nitrogens is 1. The average Bonchev–Trinajstić information content (AvgIpc) is 3.32. The molecule has 35 heavy (non-hydrogen) atoms. The minimum atomic E-state index is -0.378. The van der Waals surface area contributed by atoms with E-state index < -0.39 is 0 Å². The Morgan fingerprint density at radius 1 is 0.771 bits per heavy atom. The second kappa shape index (κ2) is 8.92. The molecule has 4 N–H and O–H groups in total. The quantitative estimate of drug-likeness (QED) is 0.314. The van der Waals surface area contributed by atoms with Gasteiger partial charge in [-0.3, -0.25) is 24.7 Å². The molecule has 9 heteroatoms. The number of pyridine rings is 2. The number of fused-ring (bicyclic) bond motifs is 5. The molecule has 0 unspecified atom stereocenters. The molecule has 2 aliphatic heterocycles. The minimum Gasteiger partial charge on any atom is -0.349 e. The van der Waals surface area contributed by atoms with Gasteiger partial charge in [-0.2, -0.15) is 5.10 Å². The highest BCUT2D eigenvalue weighted by atomic mass is 16.2. The molecule has 2 amide bonds. The lowest BCUT2D eigenvalue weighted by Crippen LogP contribution is -2.42. The van der Waals surface area contributed by atoms with Crippen LogP contribution in [0.4, 0.5) is 5.69 Å². The zero-order valence-electron chi connectivity index (χ0n) is 19.0. The molecule has 1 aromatic carbocycles. The fraction of sp³-hybridized carbons (Fsp3) is 0.269. The van der Waals surface area contributed by atoms with Crippen LogP contribution < -0.4 is 16.0 Å². The van der Waals surface area contributed by atoms with Crippen molar-refractivity contribution in [1.82, 2.24) is 30.8 Å². The monoisotopic (exact) mass is 467 g/mol. The summed E-state index contributed by atoms with van der Waals surface area (Å²) in [5, 5.41) is 17.5. The number of carbonyl (C=O) groups is 2. The van der Waals surface area contributed by atoms with Crippen LogP contribution in [0.25, 0.3) is 22.0 Å². The maximum Gasteiger partial charge on any atom is 0.276 e. The minimum absolute atomic E-state index is 0.122. The van der Waals surface area contributed by atoms with Crippen LogP contribution in [0.3, 0.4) is 0 Å². The third kappa shape index (κ3) is 4.38. The van der Waals surface area contributed by atoms with Gasteiger partial charge in [0, 0.05) is 48.2 Å². The van der Waals surface area contributed by atoms with Crippen LogP contribution in [-0.2, 0) is 6.54 Å². The van der Waals surface area contributed by atoms with Crippen LogP contribution in [0.5, 0.6) is 0 Å². The molecule has 8 bridgehead atoms. The zero-order chi connectivity index (χ0) is 23.8. The third-order valence-electron chi connectivity index (χ3n) is 6.82. The van der Waals surface area contributed by atoms with E-state index in [9.17, 15) is 9.59 Å². The number of rotatable bonds is 0. The largest absolute Gasteiger partial charge is 0.349 e. The molecular formula is C26H25N7O2. The normalized spacial score (nSPS) is 20.5. The van der Waals surface area contributed by atoms with Crippen LogP contribution in [0.15, 0.2) is 55.1 Å². The summed E-state index contributed by atoms with van der Waals surface area (Å²) in [6, 6.07) is 10.2. The van der Waals surface area contributed by atoms with Crippen molar-refractivity contribution in [1.29, 1.82) is 0 Å². The van der Waals surface area contributed by atoms with Gasteiger partial charge in [-0.25, -0.2) is 0 Å². The fourth-order valence-corrected chi connectivity index (χ4v) is 4.90. The summed E-state index contributed by atoms with van der Waals surface area (Å²) in [5.74, 6) is -0.561. The summed E-state index contributed by atoms with van der Waals surface area (Å²) >= 11 is 0. The van der Waals surface area contributed by atoms with Gasteiger partial charge >= 0.3 is 0 Å². The molecule has 4 aromatic rings. The summed E-state index contributed by atoms with van der Waals surface area (Å²) in [6.45, 7) is 0.725. The number of aromatic nitrogens is 4. The van der Waals surface area contributed by atoms with Crippen molar-refractivity contribution in [2.45, 2.75) is 44.3 Å². The summed E-state index contributed by atoms with van der Waals surface area (Å²) in [6.07, 6.45) is 10.6. The van der Waals surface area contributed by atoms with Crippen molar-refractivity contribution in [2.24, 2.45) is 0 Å². The molecule has 3 aliphatic rings. The molecule has 0 saturated heterocycles. The number of anilines is 1. The second-order valence-electron chi connectivity index (χ2n) is 9.23. The third-order valence-corrected chi connectivity index (χ3v) is 6.82. The summed E-state index contributed by atoms with van der Waals surface area (Å²) in [5.41, 5.74) is 4.92. The number of amides is 2. The first-order chi connectivity index (χ1) is 17.1. The van der Waals surface area contributed by atoms with E-state index in [2.05, 4.69) is 42.2 Å². The Kier molecular flexibility index (Phi) is 5.46. The van der Waals surface area contributed by atoms with Gasteiger partial charge in [-0.1, -0.05) is 6.07 Å². The molecular weight excluding hydrogens is 442 g/mol. The van der Waals surface area contributed by atoms with E-state index in [0.29, 0.717) is 22.7 Å². The van der Waals surface area contributed by atoms with Gasteiger partial charge in [-0.05, 0) is 61.1 Å². The number of carbonyl (C=O) groups excluding carboxylic acids is 2. The van der Waals surface area contributed by atoms with E-state index >= 15 is 0 Å². The van der Waals surface area contributed by atoms with E-state index in [0.717, 1.165) is 54.4 Å². The van der Waals surface area contributed by atoms with Gasteiger partial charge in [0.1, 0.15) is 0 Å². The Labute approximate surface area is 201 Å². The molecule has 1 saturated carbocycles. The predicted octanol–water partition coefficient (Wildman–Crippen LogP) is 3.42. The summed E-state index contributed by atoms with van der Waals surface area (Å²) in [4.78, 5) is 34.6. The van der Waals surface area contributed by atoms with Crippen molar-refractivity contribution in [2.75, 3.05) is 5.32 Å². The maximum atomic E-state index is 13.1. The smallest absolute Gasteiger partial charge is 0.276 e. The second-order valence-corrected chi connectivity index (χ2v) is 9.23. The van der Waals surface area contributed by atoms with E-state index in [4.69, 9.17) is 0 Å². The Balaban J connectivity index is 1.40. The lowest BCUT2D eigenvalue weighted by molar-refractivity contribution is 0.0922. The van der Waals surface area contributed by atoms with Gasteiger partial charge < -0.3 is 16.0 Å². The average molecular weight is 468 g/mol. The molecule has 1 aliphatic carbocycles. The van der Waals surface area contributed by atoms with Crippen LogP contribution in [0.1, 0.15) is 52.1 Å². The van der Waals surface area contributed by atoms with Crippen molar-refractivity contribution in [3.05, 3.63) is 71.9 Å². The molecule has 0 atom stereocenters. The fourth-order valence-electron chi connectivity index (χ4n) is 4.90. The van der Waals surface area contributed by atoms with Gasteiger partial charge in [0.25, 0.3) is 11.8 Å².